The van der Waals surface area contributed by atoms with Crippen molar-refractivity contribution in [1.29, 1.82) is 0 Å². The van der Waals surface area contributed by atoms with Gasteiger partial charge >= 0.3 is 6.09 Å². The van der Waals surface area contributed by atoms with Gasteiger partial charge in [-0.05, 0) is 19.6 Å². The average Bonchev–Trinajstić information content (AvgIpc) is 1.90. The molecule has 0 atom stereocenters. The molecule has 0 rings (SSSR count). The lowest BCUT2D eigenvalue weighted by Gasteiger charge is -2.13. The van der Waals surface area contributed by atoms with E-state index in [9.17, 15) is 0 Å². The highest BCUT2D eigenvalue weighted by Crippen LogP contribution is 1.81. The van der Waals surface area contributed by atoms with Crippen molar-refractivity contribution < 1.29 is 9.90 Å². The zero-order chi connectivity index (χ0) is 9.28. The molecule has 68 valence electrons. The highest BCUT2D eigenvalue weighted by Gasteiger charge is 1.89. The lowest BCUT2D eigenvalue weighted by Crippen LogP contribution is -2.21. The third kappa shape index (κ3) is 17.6. The molecule has 11 heavy (non-hydrogen) atoms. The van der Waals surface area contributed by atoms with Crippen LogP contribution in [0, 0.1) is 0 Å². The number of nitrogens with zero attached hydrogens (tertiary/aromatic N) is 1. The zero-order valence-corrected chi connectivity index (χ0v) is 7.50. The lowest BCUT2D eigenvalue weighted by atomic mass is 10.5. The molecule has 1 amide bonds. The lowest BCUT2D eigenvalue weighted by molar-refractivity contribution is 0.205. The predicted molar refractivity (Wildman–Crippen MR) is 45.7 cm³/mol. The summed E-state index contributed by atoms with van der Waals surface area (Å²) in [5.41, 5.74) is 4.03. The van der Waals surface area contributed by atoms with E-state index in [1.807, 2.05) is 0 Å². The second-order valence-electron chi connectivity index (χ2n) is 1.96. The summed E-state index contributed by atoms with van der Waals surface area (Å²) in [5.74, 6) is 0. The van der Waals surface area contributed by atoms with Crippen molar-refractivity contribution in [3.8, 4) is 0 Å². The molecule has 0 spiro atoms. The molecule has 0 aromatic rings. The summed E-state index contributed by atoms with van der Waals surface area (Å²) in [5, 5.41) is 7.19. The first-order valence-corrected chi connectivity index (χ1v) is 3.79. The van der Waals surface area contributed by atoms with E-state index < -0.39 is 6.09 Å². The Morgan fingerprint density at radius 2 is 1.45 bits per heavy atom. The Bertz CT molecular complexity index is 82.9. The fourth-order valence-electron chi connectivity index (χ4n) is 0.671. The maximum absolute atomic E-state index is 8.78. The van der Waals surface area contributed by atoms with Gasteiger partial charge in [0.15, 0.2) is 0 Å². The van der Waals surface area contributed by atoms with Crippen LogP contribution in [0.5, 0.6) is 0 Å². The van der Waals surface area contributed by atoms with Crippen LogP contribution in [-0.2, 0) is 0 Å². The van der Waals surface area contributed by atoms with Gasteiger partial charge in [0, 0.05) is 0 Å². The standard InChI is InChI=1S/C6H15N.CH3NO2/c1-4-7(5-2)6-3;2-1(3)4/h4-6H2,1-3H3;2H2,(H,3,4). The van der Waals surface area contributed by atoms with E-state index in [1.165, 1.54) is 19.6 Å². The van der Waals surface area contributed by atoms with E-state index in [2.05, 4.69) is 31.4 Å². The fraction of sp³-hybridized carbons (Fsp3) is 0.857. The minimum atomic E-state index is -1.33. The van der Waals surface area contributed by atoms with E-state index in [0.29, 0.717) is 0 Å². The van der Waals surface area contributed by atoms with Gasteiger partial charge in [0.2, 0.25) is 0 Å². The normalized spacial score (nSPS) is 8.73. The second-order valence-corrected chi connectivity index (χ2v) is 1.96. The molecule has 0 bridgehead atoms. The largest absolute Gasteiger partial charge is 0.465 e. The molecule has 0 aliphatic rings. The summed E-state index contributed by atoms with van der Waals surface area (Å²) >= 11 is 0. The van der Waals surface area contributed by atoms with Gasteiger partial charge in [-0.3, -0.25) is 0 Å². The minimum absolute atomic E-state index is 1.19. The molecule has 0 fully saturated rings. The van der Waals surface area contributed by atoms with Crippen molar-refractivity contribution in [1.82, 2.24) is 4.90 Å². The quantitative estimate of drug-likeness (QED) is 0.649. The molecule has 0 saturated heterocycles. The van der Waals surface area contributed by atoms with Crippen LogP contribution < -0.4 is 5.73 Å². The van der Waals surface area contributed by atoms with Crippen LogP contribution in [0.15, 0.2) is 0 Å². The van der Waals surface area contributed by atoms with Crippen molar-refractivity contribution in [2.45, 2.75) is 20.8 Å². The number of carboxylic acid groups (broad SMARTS) is 1. The smallest absolute Gasteiger partial charge is 0.402 e. The molecule has 0 radical (unpaired) electrons. The Labute approximate surface area is 68.0 Å². The van der Waals surface area contributed by atoms with Crippen LogP contribution in [-0.4, -0.2) is 35.7 Å². The SMILES string of the molecule is CCN(CC)CC.NC(=O)O. The Kier molecular flexibility index (Phi) is 10.8. The molecular formula is C7H18N2O2. The maximum Gasteiger partial charge on any atom is 0.402 e. The molecule has 0 aromatic heterocycles. The van der Waals surface area contributed by atoms with Crippen molar-refractivity contribution in [2.75, 3.05) is 19.6 Å². The molecule has 0 saturated carbocycles. The van der Waals surface area contributed by atoms with E-state index in [1.54, 1.807) is 0 Å². The Morgan fingerprint density at radius 3 is 1.45 bits per heavy atom. The van der Waals surface area contributed by atoms with E-state index in [0.717, 1.165) is 0 Å². The van der Waals surface area contributed by atoms with Crippen LogP contribution in [0.1, 0.15) is 20.8 Å². The van der Waals surface area contributed by atoms with Gasteiger partial charge < -0.3 is 15.7 Å². The number of carbonyl (C=O) groups is 1. The minimum Gasteiger partial charge on any atom is -0.465 e. The Balaban J connectivity index is 0. The summed E-state index contributed by atoms with van der Waals surface area (Å²) in [7, 11) is 0. The van der Waals surface area contributed by atoms with Gasteiger partial charge in [0.1, 0.15) is 0 Å². The predicted octanol–water partition coefficient (Wildman–Crippen LogP) is 0.971. The first-order chi connectivity index (χ1) is 5.08. The van der Waals surface area contributed by atoms with Gasteiger partial charge in [-0.15, -0.1) is 0 Å². The molecule has 4 heteroatoms. The topological polar surface area (TPSA) is 66.6 Å². The number of nitrogens with two attached hydrogens (primary N) is 1. The van der Waals surface area contributed by atoms with Crippen molar-refractivity contribution in [3.05, 3.63) is 0 Å². The van der Waals surface area contributed by atoms with Gasteiger partial charge in [-0.1, -0.05) is 20.8 Å². The summed E-state index contributed by atoms with van der Waals surface area (Å²) < 4.78 is 0. The average molecular weight is 162 g/mol. The molecule has 0 unspecified atom stereocenters. The summed E-state index contributed by atoms with van der Waals surface area (Å²) in [6.07, 6.45) is -1.33. The summed E-state index contributed by atoms with van der Waals surface area (Å²) in [6, 6.07) is 0. The number of primary amides is 1. The second kappa shape index (κ2) is 9.23. The molecule has 0 aromatic carbocycles. The summed E-state index contributed by atoms with van der Waals surface area (Å²) in [4.78, 5) is 11.2. The van der Waals surface area contributed by atoms with Crippen molar-refractivity contribution in [2.24, 2.45) is 5.73 Å². The highest BCUT2D eigenvalue weighted by atomic mass is 16.4. The number of hydrogen-bond donors (Lipinski definition) is 2. The van der Waals surface area contributed by atoms with Gasteiger partial charge in [0.25, 0.3) is 0 Å². The van der Waals surface area contributed by atoms with Gasteiger partial charge in [-0.25, -0.2) is 4.79 Å². The van der Waals surface area contributed by atoms with E-state index in [4.69, 9.17) is 9.90 Å². The van der Waals surface area contributed by atoms with Crippen molar-refractivity contribution >= 4 is 6.09 Å². The fourth-order valence-corrected chi connectivity index (χ4v) is 0.671. The van der Waals surface area contributed by atoms with Crippen LogP contribution in [0.2, 0.25) is 0 Å². The molecule has 4 nitrogen and oxygen atoms in total. The number of hydrogen-bond acceptors (Lipinski definition) is 2. The third-order valence-corrected chi connectivity index (χ3v) is 1.34. The third-order valence-electron chi connectivity index (χ3n) is 1.34. The van der Waals surface area contributed by atoms with Crippen LogP contribution >= 0.6 is 0 Å². The highest BCUT2D eigenvalue weighted by molar-refractivity contribution is 5.61. The van der Waals surface area contributed by atoms with Crippen molar-refractivity contribution in [3.63, 3.8) is 0 Å². The molecular weight excluding hydrogens is 144 g/mol. The molecule has 3 N–H and O–H groups in total. The Hall–Kier alpha value is -0.770. The number of amides is 1. The van der Waals surface area contributed by atoms with E-state index >= 15 is 0 Å². The molecule has 0 heterocycles. The molecule has 0 aliphatic carbocycles. The zero-order valence-electron chi connectivity index (χ0n) is 7.50. The Morgan fingerprint density at radius 1 is 1.27 bits per heavy atom. The first-order valence-electron chi connectivity index (χ1n) is 3.79. The van der Waals surface area contributed by atoms with Crippen LogP contribution in [0.4, 0.5) is 4.79 Å². The first kappa shape index (κ1) is 12.9. The monoisotopic (exact) mass is 162 g/mol. The van der Waals surface area contributed by atoms with Crippen LogP contribution in [0.25, 0.3) is 0 Å². The molecule has 0 aliphatic heterocycles. The summed E-state index contributed by atoms with van der Waals surface area (Å²) in [6.45, 7) is 10.1. The maximum atomic E-state index is 8.78. The van der Waals surface area contributed by atoms with Crippen LogP contribution in [0.3, 0.4) is 0 Å². The van der Waals surface area contributed by atoms with Gasteiger partial charge in [0.05, 0.1) is 0 Å². The van der Waals surface area contributed by atoms with Gasteiger partial charge in [-0.2, -0.15) is 0 Å². The number of rotatable bonds is 3. The van der Waals surface area contributed by atoms with E-state index in [-0.39, 0.29) is 0 Å².